The van der Waals surface area contributed by atoms with Crippen LogP contribution in [0.3, 0.4) is 0 Å². The van der Waals surface area contributed by atoms with E-state index in [1.165, 1.54) is 0 Å². The van der Waals surface area contributed by atoms with E-state index in [4.69, 9.17) is 5.84 Å². The van der Waals surface area contributed by atoms with Crippen molar-refractivity contribution in [3.63, 3.8) is 0 Å². The Morgan fingerprint density at radius 2 is 2.28 bits per heavy atom. The number of hydrogen-bond acceptors (Lipinski definition) is 5. The van der Waals surface area contributed by atoms with Gasteiger partial charge in [0.25, 0.3) is 5.91 Å². The lowest BCUT2D eigenvalue weighted by Crippen LogP contribution is -2.27. The van der Waals surface area contributed by atoms with Crippen LogP contribution in [0.15, 0.2) is 35.8 Å². The molecule has 1 unspecified atom stereocenters. The van der Waals surface area contributed by atoms with Crippen molar-refractivity contribution >= 4 is 23.1 Å². The highest BCUT2D eigenvalue weighted by Gasteiger charge is 2.15. The Morgan fingerprint density at radius 1 is 1.44 bits per heavy atom. The number of nitrogen functional groups attached to an aromatic ring is 1. The van der Waals surface area contributed by atoms with E-state index in [1.807, 2.05) is 24.4 Å². The van der Waals surface area contributed by atoms with Crippen molar-refractivity contribution < 1.29 is 4.79 Å². The molecule has 0 fully saturated rings. The molecule has 5 nitrogen and oxygen atoms in total. The van der Waals surface area contributed by atoms with Crippen molar-refractivity contribution in [2.45, 2.75) is 13.0 Å². The zero-order chi connectivity index (χ0) is 13.0. The van der Waals surface area contributed by atoms with E-state index >= 15 is 0 Å². The van der Waals surface area contributed by atoms with E-state index < -0.39 is 0 Å². The molecule has 4 N–H and O–H groups in total. The summed E-state index contributed by atoms with van der Waals surface area (Å²) in [5.74, 6) is 5.49. The standard InChI is InChI=1S/C12H14N4OS/c1-8(10-5-3-7-18-10)15-12(17)9-4-2-6-14-11(9)16-13/h2-8H,13H2,1H3,(H,14,16)(H,15,17). The first-order valence-electron chi connectivity index (χ1n) is 5.48. The highest BCUT2D eigenvalue weighted by Crippen LogP contribution is 2.19. The van der Waals surface area contributed by atoms with Crippen molar-refractivity contribution in [1.29, 1.82) is 0 Å². The quantitative estimate of drug-likeness (QED) is 0.581. The third-order valence-electron chi connectivity index (χ3n) is 2.51. The molecule has 6 heteroatoms. The van der Waals surface area contributed by atoms with Crippen molar-refractivity contribution in [3.05, 3.63) is 46.3 Å². The molecule has 0 saturated heterocycles. The molecular formula is C12H14N4OS. The smallest absolute Gasteiger partial charge is 0.255 e. The summed E-state index contributed by atoms with van der Waals surface area (Å²) in [5, 5.41) is 4.89. The van der Waals surface area contributed by atoms with Gasteiger partial charge in [0.15, 0.2) is 5.82 Å². The van der Waals surface area contributed by atoms with Crippen LogP contribution in [0, 0.1) is 0 Å². The molecular weight excluding hydrogens is 248 g/mol. The first-order chi connectivity index (χ1) is 8.72. The van der Waals surface area contributed by atoms with Crippen LogP contribution in [0.25, 0.3) is 0 Å². The number of hydrogen-bond donors (Lipinski definition) is 3. The van der Waals surface area contributed by atoms with Crippen molar-refractivity contribution in [2.24, 2.45) is 5.84 Å². The van der Waals surface area contributed by atoms with Gasteiger partial charge in [-0.15, -0.1) is 11.3 Å². The number of nitrogens with zero attached hydrogens (tertiary/aromatic N) is 1. The molecule has 0 aliphatic rings. The van der Waals surface area contributed by atoms with Gasteiger partial charge in [0, 0.05) is 11.1 Å². The van der Waals surface area contributed by atoms with Crippen molar-refractivity contribution in [2.75, 3.05) is 5.43 Å². The average molecular weight is 262 g/mol. The predicted octanol–water partition coefficient (Wildman–Crippen LogP) is 1.92. The van der Waals surface area contributed by atoms with Gasteiger partial charge in [-0.2, -0.15) is 0 Å². The van der Waals surface area contributed by atoms with Crippen LogP contribution in [-0.2, 0) is 0 Å². The largest absolute Gasteiger partial charge is 0.345 e. The molecule has 0 radical (unpaired) electrons. The highest BCUT2D eigenvalue weighted by atomic mass is 32.1. The lowest BCUT2D eigenvalue weighted by Gasteiger charge is -2.13. The Hall–Kier alpha value is -1.92. The van der Waals surface area contributed by atoms with Gasteiger partial charge in [-0.1, -0.05) is 6.07 Å². The van der Waals surface area contributed by atoms with Gasteiger partial charge in [-0.25, -0.2) is 10.8 Å². The number of rotatable bonds is 4. The topological polar surface area (TPSA) is 80.0 Å². The average Bonchev–Trinajstić information content (AvgIpc) is 2.92. The maximum Gasteiger partial charge on any atom is 0.255 e. The number of nitrogens with one attached hydrogen (secondary N) is 2. The molecule has 2 rings (SSSR count). The van der Waals surface area contributed by atoms with Crippen LogP contribution >= 0.6 is 11.3 Å². The minimum absolute atomic E-state index is 0.0386. The van der Waals surface area contributed by atoms with Gasteiger partial charge in [0.1, 0.15) is 0 Å². The van der Waals surface area contributed by atoms with Crippen LogP contribution in [-0.4, -0.2) is 10.9 Å². The van der Waals surface area contributed by atoms with Gasteiger partial charge in [-0.05, 0) is 30.5 Å². The van der Waals surface area contributed by atoms with Crippen LogP contribution in [0.4, 0.5) is 5.82 Å². The predicted molar refractivity (Wildman–Crippen MR) is 72.2 cm³/mol. The Balaban J connectivity index is 2.12. The molecule has 2 heterocycles. The third kappa shape index (κ3) is 2.66. The number of anilines is 1. The Kier molecular flexibility index (Phi) is 3.91. The summed E-state index contributed by atoms with van der Waals surface area (Å²) < 4.78 is 0. The van der Waals surface area contributed by atoms with E-state index in [9.17, 15) is 4.79 Å². The normalized spacial score (nSPS) is 11.9. The second kappa shape index (κ2) is 5.61. The molecule has 1 amide bonds. The molecule has 0 aliphatic heterocycles. The van der Waals surface area contributed by atoms with Gasteiger partial charge < -0.3 is 10.7 Å². The van der Waals surface area contributed by atoms with Gasteiger partial charge in [-0.3, -0.25) is 4.79 Å². The summed E-state index contributed by atoms with van der Waals surface area (Å²) in [7, 11) is 0. The van der Waals surface area contributed by atoms with E-state index in [0.29, 0.717) is 11.4 Å². The fourth-order valence-electron chi connectivity index (χ4n) is 1.59. The van der Waals surface area contributed by atoms with Crippen LogP contribution in [0.1, 0.15) is 28.2 Å². The molecule has 0 bridgehead atoms. The summed E-state index contributed by atoms with van der Waals surface area (Å²) in [4.78, 5) is 17.2. The third-order valence-corrected chi connectivity index (χ3v) is 3.56. The van der Waals surface area contributed by atoms with E-state index in [0.717, 1.165) is 4.88 Å². The Labute approximate surface area is 109 Å². The molecule has 0 spiro atoms. The van der Waals surface area contributed by atoms with Gasteiger partial charge in [0.2, 0.25) is 0 Å². The van der Waals surface area contributed by atoms with E-state index in [1.54, 1.807) is 29.7 Å². The number of nitrogens with two attached hydrogens (primary N) is 1. The second-order valence-electron chi connectivity index (χ2n) is 3.75. The Morgan fingerprint density at radius 3 is 2.94 bits per heavy atom. The molecule has 0 aliphatic carbocycles. The van der Waals surface area contributed by atoms with E-state index in [2.05, 4.69) is 15.7 Å². The number of amides is 1. The monoisotopic (exact) mass is 262 g/mol. The van der Waals surface area contributed by atoms with Crippen LogP contribution in [0.2, 0.25) is 0 Å². The first-order valence-corrected chi connectivity index (χ1v) is 6.36. The molecule has 94 valence electrons. The van der Waals surface area contributed by atoms with Crippen LogP contribution < -0.4 is 16.6 Å². The zero-order valence-corrected chi connectivity index (χ0v) is 10.7. The fraction of sp³-hybridized carbons (Fsp3) is 0.167. The number of carbonyl (C=O) groups excluding carboxylic acids is 1. The lowest BCUT2D eigenvalue weighted by molar-refractivity contribution is 0.0941. The maximum absolute atomic E-state index is 12.1. The zero-order valence-electron chi connectivity index (χ0n) is 9.88. The summed E-state index contributed by atoms with van der Waals surface area (Å²) in [6.45, 7) is 1.94. The fourth-order valence-corrected chi connectivity index (χ4v) is 2.32. The number of aromatic nitrogens is 1. The minimum Gasteiger partial charge on any atom is -0.345 e. The Bertz CT molecular complexity index is 527. The summed E-state index contributed by atoms with van der Waals surface area (Å²) in [5.41, 5.74) is 2.85. The first kappa shape index (κ1) is 12.5. The van der Waals surface area contributed by atoms with Gasteiger partial charge in [0.05, 0.1) is 11.6 Å². The van der Waals surface area contributed by atoms with Crippen LogP contribution in [0.5, 0.6) is 0 Å². The highest BCUT2D eigenvalue weighted by molar-refractivity contribution is 7.10. The van der Waals surface area contributed by atoms with Crippen molar-refractivity contribution in [1.82, 2.24) is 10.3 Å². The SMILES string of the molecule is CC(NC(=O)c1cccnc1NN)c1cccs1. The number of hydrazine groups is 1. The summed E-state index contributed by atoms with van der Waals surface area (Å²) >= 11 is 1.61. The van der Waals surface area contributed by atoms with E-state index in [-0.39, 0.29) is 11.9 Å². The second-order valence-corrected chi connectivity index (χ2v) is 4.73. The molecule has 18 heavy (non-hydrogen) atoms. The number of pyridine rings is 1. The maximum atomic E-state index is 12.1. The minimum atomic E-state index is -0.197. The molecule has 1 atom stereocenters. The lowest BCUT2D eigenvalue weighted by atomic mass is 10.2. The van der Waals surface area contributed by atoms with Gasteiger partial charge >= 0.3 is 0 Å². The van der Waals surface area contributed by atoms with Crippen molar-refractivity contribution in [3.8, 4) is 0 Å². The summed E-state index contributed by atoms with van der Waals surface area (Å²) in [6, 6.07) is 7.29. The molecule has 0 aromatic carbocycles. The molecule has 2 aromatic heterocycles. The molecule has 2 aromatic rings. The molecule has 0 saturated carbocycles. The number of carbonyl (C=O) groups is 1. The summed E-state index contributed by atoms with van der Waals surface area (Å²) in [6.07, 6.45) is 1.58. The number of thiophene rings is 1.